The van der Waals surface area contributed by atoms with E-state index in [1.165, 1.54) is 11.1 Å². The van der Waals surface area contributed by atoms with Crippen molar-refractivity contribution in [3.63, 3.8) is 0 Å². The molecule has 2 N–H and O–H groups in total. The van der Waals surface area contributed by atoms with Crippen LogP contribution in [0.15, 0.2) is 60.7 Å². The zero-order valence-electron chi connectivity index (χ0n) is 9.77. The van der Waals surface area contributed by atoms with Crippen LogP contribution in [0.1, 0.15) is 11.1 Å². The minimum Gasteiger partial charge on any atom is -0.277 e. The van der Waals surface area contributed by atoms with Crippen molar-refractivity contribution in [2.45, 2.75) is 13.1 Å². The Labute approximate surface area is 102 Å². The van der Waals surface area contributed by atoms with E-state index < -0.39 is 0 Å². The van der Waals surface area contributed by atoms with Crippen molar-refractivity contribution in [3.05, 3.63) is 71.8 Å². The third-order valence-electron chi connectivity index (χ3n) is 2.50. The monoisotopic (exact) mass is 225 g/mol. The molecule has 0 saturated heterocycles. The highest BCUT2D eigenvalue weighted by atomic mass is 14.9. The van der Waals surface area contributed by atoms with Gasteiger partial charge in [0.1, 0.15) is 13.1 Å². The van der Waals surface area contributed by atoms with Crippen molar-refractivity contribution < 1.29 is 4.99 Å². The highest BCUT2D eigenvalue weighted by molar-refractivity contribution is 5.46. The van der Waals surface area contributed by atoms with Crippen LogP contribution in [0, 0.1) is 0 Å². The lowest BCUT2D eigenvalue weighted by Crippen LogP contribution is -2.69. The zero-order valence-corrected chi connectivity index (χ0v) is 9.77. The van der Waals surface area contributed by atoms with Crippen molar-refractivity contribution in [3.8, 4) is 0 Å². The molecule has 0 aromatic heterocycles. The highest BCUT2D eigenvalue weighted by Gasteiger charge is 1.91. The van der Waals surface area contributed by atoms with Crippen LogP contribution in [0.5, 0.6) is 0 Å². The Morgan fingerprint density at radius 2 is 1.41 bits per heavy atom. The second-order valence-corrected chi connectivity index (χ2v) is 3.88. The van der Waals surface area contributed by atoms with Crippen molar-refractivity contribution in [1.29, 1.82) is 0 Å². The molecule has 2 aromatic rings. The summed E-state index contributed by atoms with van der Waals surface area (Å²) in [6.07, 6.45) is 1.90. The molecule has 17 heavy (non-hydrogen) atoms. The molecule has 2 nitrogen and oxygen atoms in total. The van der Waals surface area contributed by atoms with Gasteiger partial charge < -0.3 is 0 Å². The van der Waals surface area contributed by atoms with Gasteiger partial charge in [0.2, 0.25) is 6.34 Å². The first-order chi connectivity index (χ1) is 8.45. The van der Waals surface area contributed by atoms with Crippen molar-refractivity contribution in [2.24, 2.45) is 0 Å². The molecule has 0 fully saturated rings. The van der Waals surface area contributed by atoms with E-state index in [1.54, 1.807) is 0 Å². The van der Waals surface area contributed by atoms with Gasteiger partial charge in [-0.25, -0.2) is 0 Å². The lowest BCUT2D eigenvalue weighted by atomic mass is 10.2. The van der Waals surface area contributed by atoms with Gasteiger partial charge >= 0.3 is 0 Å². The van der Waals surface area contributed by atoms with Crippen LogP contribution < -0.4 is 10.3 Å². The van der Waals surface area contributed by atoms with E-state index in [0.29, 0.717) is 0 Å². The van der Waals surface area contributed by atoms with E-state index >= 15 is 0 Å². The molecule has 2 heteroatoms. The summed E-state index contributed by atoms with van der Waals surface area (Å²) in [4.78, 5) is 3.24. The molecular formula is C15H17N2+. The molecule has 0 radical (unpaired) electrons. The Morgan fingerprint density at radius 1 is 0.824 bits per heavy atom. The molecule has 2 aromatic carbocycles. The predicted molar refractivity (Wildman–Crippen MR) is 70.5 cm³/mol. The summed E-state index contributed by atoms with van der Waals surface area (Å²) in [7, 11) is 0. The van der Waals surface area contributed by atoms with Crippen LogP contribution in [-0.2, 0) is 13.1 Å². The highest BCUT2D eigenvalue weighted by Crippen LogP contribution is 1.96. The van der Waals surface area contributed by atoms with Crippen LogP contribution in [0.4, 0.5) is 0 Å². The lowest BCUT2D eigenvalue weighted by molar-refractivity contribution is -0.472. The molecule has 0 aliphatic rings. The number of hydrogen-bond donors (Lipinski definition) is 2. The normalized spacial score (nSPS) is 10.6. The molecule has 2 rings (SSSR count). The molecule has 0 heterocycles. The van der Waals surface area contributed by atoms with E-state index in [2.05, 4.69) is 58.8 Å². The molecular weight excluding hydrogens is 208 g/mol. The smallest absolute Gasteiger partial charge is 0.230 e. The Kier molecular flexibility index (Phi) is 4.35. The minimum absolute atomic E-state index is 0.850. The van der Waals surface area contributed by atoms with E-state index in [9.17, 15) is 0 Å². The molecule has 86 valence electrons. The van der Waals surface area contributed by atoms with Gasteiger partial charge in [0, 0.05) is 0 Å². The number of hydrogen-bond acceptors (Lipinski definition) is 0. The summed E-state index contributed by atoms with van der Waals surface area (Å²) < 4.78 is 0. The second-order valence-electron chi connectivity index (χ2n) is 3.88. The lowest BCUT2D eigenvalue weighted by Gasteiger charge is -1.95. The van der Waals surface area contributed by atoms with E-state index in [4.69, 9.17) is 0 Å². The van der Waals surface area contributed by atoms with Crippen LogP contribution >= 0.6 is 0 Å². The summed E-state index contributed by atoms with van der Waals surface area (Å²) >= 11 is 0. The SMILES string of the molecule is C(NCc1ccccc1)=[NH+]Cc1ccccc1. The fourth-order valence-electron chi connectivity index (χ4n) is 1.60. The Bertz CT molecular complexity index is 449. The molecule has 0 saturated carbocycles. The predicted octanol–water partition coefficient (Wildman–Crippen LogP) is 1.09. The maximum absolute atomic E-state index is 3.24. The fourth-order valence-corrected chi connectivity index (χ4v) is 1.60. The second kappa shape index (κ2) is 6.48. The zero-order chi connectivity index (χ0) is 11.8. The quantitative estimate of drug-likeness (QED) is 0.578. The van der Waals surface area contributed by atoms with Gasteiger partial charge in [-0.15, -0.1) is 0 Å². The standard InChI is InChI=1S/C15H16N2/c1-3-7-14(8-4-1)11-16-13-17-12-15-9-5-2-6-10-15/h1-10,13H,11-12H2,(H,16,17)/p+1. The molecule has 0 spiro atoms. The van der Waals surface area contributed by atoms with Crippen LogP contribution in [0.25, 0.3) is 0 Å². The van der Waals surface area contributed by atoms with Gasteiger partial charge in [-0.1, -0.05) is 60.7 Å². The summed E-state index contributed by atoms with van der Waals surface area (Å²) in [6, 6.07) is 20.7. The summed E-state index contributed by atoms with van der Waals surface area (Å²) in [5.41, 5.74) is 2.57. The molecule has 0 unspecified atom stereocenters. The fraction of sp³-hybridized carbons (Fsp3) is 0.133. The molecule has 0 bridgehead atoms. The van der Waals surface area contributed by atoms with Crippen LogP contribution in [0.3, 0.4) is 0 Å². The van der Waals surface area contributed by atoms with E-state index in [1.807, 2.05) is 18.5 Å². The first kappa shape index (κ1) is 11.4. The van der Waals surface area contributed by atoms with Gasteiger partial charge in [-0.3, -0.25) is 10.3 Å². The largest absolute Gasteiger partial charge is 0.277 e. The van der Waals surface area contributed by atoms with Crippen LogP contribution in [-0.4, -0.2) is 6.34 Å². The Balaban J connectivity index is 1.72. The van der Waals surface area contributed by atoms with Gasteiger partial charge in [-0.05, 0) is 11.1 Å². The molecule has 0 aliphatic heterocycles. The summed E-state index contributed by atoms with van der Waals surface area (Å²) in [6.45, 7) is 1.70. The summed E-state index contributed by atoms with van der Waals surface area (Å²) in [5, 5.41) is 3.24. The first-order valence-corrected chi connectivity index (χ1v) is 5.81. The molecule has 0 atom stereocenters. The van der Waals surface area contributed by atoms with Gasteiger partial charge in [-0.2, -0.15) is 0 Å². The third kappa shape index (κ3) is 4.11. The molecule has 0 aliphatic carbocycles. The van der Waals surface area contributed by atoms with E-state index in [-0.39, 0.29) is 0 Å². The maximum Gasteiger partial charge on any atom is 0.230 e. The van der Waals surface area contributed by atoms with Gasteiger partial charge in [0.25, 0.3) is 0 Å². The van der Waals surface area contributed by atoms with Crippen molar-refractivity contribution in [1.82, 2.24) is 5.32 Å². The number of rotatable bonds is 5. The topological polar surface area (TPSA) is 26.0 Å². The van der Waals surface area contributed by atoms with E-state index in [0.717, 1.165) is 13.1 Å². The maximum atomic E-state index is 3.24. The Hall–Kier alpha value is -2.09. The average molecular weight is 225 g/mol. The molecule has 0 amide bonds. The van der Waals surface area contributed by atoms with Gasteiger partial charge in [0.15, 0.2) is 0 Å². The minimum atomic E-state index is 0.850. The third-order valence-corrected chi connectivity index (χ3v) is 2.50. The van der Waals surface area contributed by atoms with Crippen LogP contribution in [0.2, 0.25) is 0 Å². The number of nitrogens with one attached hydrogen (secondary N) is 2. The number of benzene rings is 2. The summed E-state index contributed by atoms with van der Waals surface area (Å²) in [5.74, 6) is 0. The van der Waals surface area contributed by atoms with Crippen molar-refractivity contribution >= 4 is 6.34 Å². The average Bonchev–Trinajstić information content (AvgIpc) is 2.41. The van der Waals surface area contributed by atoms with Crippen molar-refractivity contribution in [2.75, 3.05) is 0 Å². The first-order valence-electron chi connectivity index (χ1n) is 5.81. The van der Waals surface area contributed by atoms with Gasteiger partial charge in [0.05, 0.1) is 0 Å². The Morgan fingerprint density at radius 3 is 2.06 bits per heavy atom.